The van der Waals surface area contributed by atoms with Crippen molar-refractivity contribution >= 4 is 39.2 Å². The lowest BCUT2D eigenvalue weighted by molar-refractivity contribution is -0.141. The van der Waals surface area contributed by atoms with Gasteiger partial charge >= 0.3 is 6.18 Å². The van der Waals surface area contributed by atoms with Gasteiger partial charge in [-0.15, -0.1) is 0 Å². The van der Waals surface area contributed by atoms with Crippen molar-refractivity contribution in [2.75, 3.05) is 11.6 Å². The molecule has 0 aliphatic carbocycles. The van der Waals surface area contributed by atoms with Gasteiger partial charge in [-0.1, -0.05) is 11.6 Å². The molecule has 2 N–H and O–H groups in total. The number of benzene rings is 1. The maximum Gasteiger partial charge on any atom is 0.435 e. The SMILES string of the molecule is CS(=O)(=O)NC(=O)c1cncc(-c2cnc(Nc3ccc(F)c(Cl)c3)nc2-n2ccc(C(F)(F)F)n2)c1. The minimum Gasteiger partial charge on any atom is -0.324 e. The number of carbonyl (C=O) groups is 1. The highest BCUT2D eigenvalue weighted by atomic mass is 35.5. The zero-order valence-electron chi connectivity index (χ0n) is 18.5. The summed E-state index contributed by atoms with van der Waals surface area (Å²) in [5, 5.41) is 6.13. The third kappa shape index (κ3) is 6.18. The van der Waals surface area contributed by atoms with Crippen LogP contribution in [-0.2, 0) is 16.2 Å². The summed E-state index contributed by atoms with van der Waals surface area (Å²) < 4.78 is 78.5. The van der Waals surface area contributed by atoms with E-state index in [2.05, 4.69) is 25.4 Å². The number of anilines is 2. The van der Waals surface area contributed by atoms with Crippen LogP contribution in [0, 0.1) is 5.82 Å². The van der Waals surface area contributed by atoms with E-state index < -0.39 is 33.6 Å². The van der Waals surface area contributed by atoms with Crippen LogP contribution in [0.5, 0.6) is 0 Å². The first-order valence-corrected chi connectivity index (χ1v) is 12.3. The lowest BCUT2D eigenvalue weighted by Gasteiger charge is -2.12. The summed E-state index contributed by atoms with van der Waals surface area (Å²) in [5.74, 6) is -1.86. The van der Waals surface area contributed by atoms with E-state index in [-0.39, 0.29) is 33.5 Å². The third-order valence-electron chi connectivity index (χ3n) is 4.63. The predicted molar refractivity (Wildman–Crippen MR) is 124 cm³/mol. The summed E-state index contributed by atoms with van der Waals surface area (Å²) in [6.45, 7) is 0. The molecular weight excluding hydrogens is 542 g/mol. The molecule has 1 amide bonds. The van der Waals surface area contributed by atoms with E-state index in [1.807, 2.05) is 0 Å². The van der Waals surface area contributed by atoms with E-state index in [1.54, 1.807) is 4.72 Å². The molecule has 3 aromatic heterocycles. The quantitative estimate of drug-likeness (QED) is 0.342. The number of carbonyl (C=O) groups excluding carboxylic acids is 1. The number of rotatable bonds is 6. The Morgan fingerprint density at radius 2 is 1.86 bits per heavy atom. The molecular formula is C21H14ClF4N7O3S. The summed E-state index contributed by atoms with van der Waals surface area (Å²) in [7, 11) is -3.87. The number of amides is 1. The van der Waals surface area contributed by atoms with Crippen LogP contribution in [0.1, 0.15) is 16.1 Å². The number of hydrogen-bond donors (Lipinski definition) is 2. The van der Waals surface area contributed by atoms with E-state index >= 15 is 0 Å². The number of nitrogens with zero attached hydrogens (tertiary/aromatic N) is 5. The number of alkyl halides is 3. The zero-order chi connectivity index (χ0) is 27.0. The second-order valence-corrected chi connectivity index (χ2v) is 9.65. The van der Waals surface area contributed by atoms with Gasteiger partial charge in [0.05, 0.1) is 16.8 Å². The number of pyridine rings is 1. The number of halogens is 5. The Labute approximate surface area is 211 Å². The maximum absolute atomic E-state index is 13.5. The molecule has 10 nitrogen and oxygen atoms in total. The van der Waals surface area contributed by atoms with Crippen molar-refractivity contribution in [2.24, 2.45) is 0 Å². The van der Waals surface area contributed by atoms with Crippen LogP contribution in [0.2, 0.25) is 5.02 Å². The Balaban J connectivity index is 1.80. The summed E-state index contributed by atoms with van der Waals surface area (Å²) in [4.78, 5) is 24.6. The first-order valence-electron chi connectivity index (χ1n) is 10.00. The van der Waals surface area contributed by atoms with Crippen LogP contribution in [-0.4, -0.2) is 45.3 Å². The highest BCUT2D eigenvalue weighted by molar-refractivity contribution is 7.89. The predicted octanol–water partition coefficient (Wildman–Crippen LogP) is 3.97. The van der Waals surface area contributed by atoms with Crippen molar-refractivity contribution in [3.8, 4) is 16.9 Å². The molecule has 1 aromatic carbocycles. The normalized spacial score (nSPS) is 11.8. The molecule has 0 spiro atoms. The van der Waals surface area contributed by atoms with Crippen molar-refractivity contribution in [3.63, 3.8) is 0 Å². The van der Waals surface area contributed by atoms with Crippen molar-refractivity contribution < 1.29 is 30.8 Å². The minimum absolute atomic E-state index is 0.0931. The minimum atomic E-state index is -4.73. The van der Waals surface area contributed by atoms with Crippen LogP contribution in [0.15, 0.2) is 55.1 Å². The molecule has 4 aromatic rings. The van der Waals surface area contributed by atoms with Crippen molar-refractivity contribution in [3.05, 3.63) is 77.2 Å². The van der Waals surface area contributed by atoms with E-state index in [0.29, 0.717) is 5.69 Å². The Bertz CT molecular complexity index is 1610. The second kappa shape index (κ2) is 9.74. The number of nitrogens with one attached hydrogen (secondary N) is 2. The molecule has 3 heterocycles. The lowest BCUT2D eigenvalue weighted by Crippen LogP contribution is -2.29. The van der Waals surface area contributed by atoms with Gasteiger partial charge < -0.3 is 5.32 Å². The topological polar surface area (TPSA) is 132 Å². The Morgan fingerprint density at radius 3 is 2.51 bits per heavy atom. The van der Waals surface area contributed by atoms with Crippen molar-refractivity contribution in [2.45, 2.75) is 6.18 Å². The Morgan fingerprint density at radius 1 is 1.11 bits per heavy atom. The lowest BCUT2D eigenvalue weighted by atomic mass is 10.1. The molecule has 0 aliphatic heterocycles. The average Bonchev–Trinajstić information content (AvgIpc) is 3.31. The molecule has 0 atom stereocenters. The fourth-order valence-corrected chi connectivity index (χ4v) is 3.68. The van der Waals surface area contributed by atoms with Crippen molar-refractivity contribution in [1.29, 1.82) is 0 Å². The van der Waals surface area contributed by atoms with Crippen LogP contribution in [0.4, 0.5) is 29.2 Å². The molecule has 0 fully saturated rings. The zero-order valence-corrected chi connectivity index (χ0v) is 20.0. The highest BCUT2D eigenvalue weighted by Gasteiger charge is 2.34. The van der Waals surface area contributed by atoms with Gasteiger partial charge in [0.25, 0.3) is 5.91 Å². The molecule has 0 saturated carbocycles. The van der Waals surface area contributed by atoms with Gasteiger partial charge in [-0.3, -0.25) is 9.78 Å². The summed E-state index contributed by atoms with van der Waals surface area (Å²) in [5.41, 5.74) is -0.745. The summed E-state index contributed by atoms with van der Waals surface area (Å²) in [6.07, 6.45) is 0.718. The van der Waals surface area contributed by atoms with Gasteiger partial charge in [-0.25, -0.2) is 27.2 Å². The molecule has 4 rings (SSSR count). The van der Waals surface area contributed by atoms with E-state index in [9.17, 15) is 30.8 Å². The summed E-state index contributed by atoms with van der Waals surface area (Å²) >= 11 is 5.78. The smallest absolute Gasteiger partial charge is 0.324 e. The average molecular weight is 556 g/mol. The largest absolute Gasteiger partial charge is 0.435 e. The van der Waals surface area contributed by atoms with Gasteiger partial charge in [-0.05, 0) is 30.3 Å². The molecule has 0 bridgehead atoms. The van der Waals surface area contributed by atoms with Gasteiger partial charge in [-0.2, -0.15) is 23.3 Å². The first-order chi connectivity index (χ1) is 17.3. The number of aromatic nitrogens is 5. The standard InChI is InChI=1S/C21H14ClF4N7O3S/c1-37(35,36)32-19(34)12-6-11(8-27-9-12)14-10-28-20(29-13-2-3-16(23)15(22)7-13)30-18(14)33-5-4-17(31-33)21(24,25)26/h2-10H,1H3,(H,32,34)(H,28,29,30). The molecule has 0 radical (unpaired) electrons. The molecule has 0 unspecified atom stereocenters. The number of sulfonamides is 1. The first kappa shape index (κ1) is 26.0. The fraction of sp³-hybridized carbons (Fsp3) is 0.0952. The van der Waals surface area contributed by atoms with Gasteiger partial charge in [0.2, 0.25) is 16.0 Å². The van der Waals surface area contributed by atoms with E-state index in [0.717, 1.165) is 35.5 Å². The monoisotopic (exact) mass is 555 g/mol. The highest BCUT2D eigenvalue weighted by Crippen LogP contribution is 2.31. The van der Waals surface area contributed by atoms with E-state index in [4.69, 9.17) is 11.6 Å². The van der Waals surface area contributed by atoms with E-state index in [1.165, 1.54) is 30.6 Å². The Hall–Kier alpha value is -4.11. The Kier molecular flexibility index (Phi) is 6.84. The third-order valence-corrected chi connectivity index (χ3v) is 5.48. The molecule has 192 valence electrons. The van der Waals surface area contributed by atoms with Crippen LogP contribution in [0.3, 0.4) is 0 Å². The second-order valence-electron chi connectivity index (χ2n) is 7.49. The van der Waals surface area contributed by atoms with Crippen LogP contribution in [0.25, 0.3) is 16.9 Å². The van der Waals surface area contributed by atoms with Gasteiger partial charge in [0.15, 0.2) is 11.5 Å². The molecule has 0 aliphatic rings. The van der Waals surface area contributed by atoms with Gasteiger partial charge in [0, 0.05) is 41.6 Å². The van der Waals surface area contributed by atoms with Crippen LogP contribution < -0.4 is 10.0 Å². The molecule has 16 heteroatoms. The fourth-order valence-electron chi connectivity index (χ4n) is 3.05. The maximum atomic E-state index is 13.5. The number of hydrogen-bond acceptors (Lipinski definition) is 8. The molecule has 0 saturated heterocycles. The van der Waals surface area contributed by atoms with Crippen LogP contribution >= 0.6 is 11.6 Å². The van der Waals surface area contributed by atoms with Gasteiger partial charge in [0.1, 0.15) is 5.82 Å². The summed E-state index contributed by atoms with van der Waals surface area (Å²) in [6, 6.07) is 5.71. The van der Waals surface area contributed by atoms with Crippen molar-refractivity contribution in [1.82, 2.24) is 29.5 Å². The molecule has 37 heavy (non-hydrogen) atoms.